The summed E-state index contributed by atoms with van der Waals surface area (Å²) in [6.07, 6.45) is 0. The third kappa shape index (κ3) is 4.27. The second-order valence-corrected chi connectivity index (χ2v) is 8.48. The molecule has 0 unspecified atom stereocenters. The van der Waals surface area contributed by atoms with Crippen molar-refractivity contribution in [3.8, 4) is 5.75 Å². The van der Waals surface area contributed by atoms with Crippen molar-refractivity contribution < 1.29 is 13.2 Å². The van der Waals surface area contributed by atoms with E-state index in [1.807, 2.05) is 60.7 Å². The van der Waals surface area contributed by atoms with Crippen LogP contribution in [-0.4, -0.2) is 27.8 Å². The third-order valence-corrected chi connectivity index (χ3v) is 6.83. The van der Waals surface area contributed by atoms with E-state index in [-0.39, 0.29) is 9.96 Å². The number of nitrogens with zero attached hydrogens (tertiary/aromatic N) is 1. The van der Waals surface area contributed by atoms with Gasteiger partial charge in [0.25, 0.3) is 10.0 Å². The van der Waals surface area contributed by atoms with Crippen molar-refractivity contribution in [3.63, 3.8) is 0 Å². The van der Waals surface area contributed by atoms with E-state index in [1.54, 1.807) is 12.3 Å². The van der Waals surface area contributed by atoms with Crippen molar-refractivity contribution in [1.29, 1.82) is 0 Å². The van der Waals surface area contributed by atoms with Crippen molar-refractivity contribution in [1.82, 2.24) is 4.72 Å². The van der Waals surface area contributed by atoms with Gasteiger partial charge in [-0.25, -0.2) is 18.1 Å². The van der Waals surface area contributed by atoms with E-state index in [4.69, 9.17) is 9.73 Å². The molecular formula is C20H20N2O3S2. The Bertz CT molecular complexity index is 986. The molecule has 0 amide bonds. The zero-order chi connectivity index (χ0) is 19.3. The summed E-state index contributed by atoms with van der Waals surface area (Å²) in [5.74, 6) is 0.255. The highest BCUT2D eigenvalue weighted by molar-refractivity contribution is 7.91. The highest BCUT2D eigenvalue weighted by Gasteiger charge is 2.24. The minimum absolute atomic E-state index is 0.131. The molecule has 1 heterocycles. The summed E-state index contributed by atoms with van der Waals surface area (Å²) in [6.45, 7) is 2.04. The number of hydrogen-bond acceptors (Lipinski definition) is 5. The second-order valence-electron chi connectivity index (χ2n) is 5.64. The van der Waals surface area contributed by atoms with Crippen molar-refractivity contribution in [2.75, 3.05) is 13.7 Å². The van der Waals surface area contributed by atoms with E-state index in [0.29, 0.717) is 12.2 Å². The molecule has 1 N–H and O–H groups in total. The van der Waals surface area contributed by atoms with E-state index in [0.717, 1.165) is 28.2 Å². The first-order valence-electron chi connectivity index (χ1n) is 8.41. The van der Waals surface area contributed by atoms with Gasteiger partial charge in [0, 0.05) is 23.1 Å². The number of aliphatic imine (C=N–C) groups is 1. The van der Waals surface area contributed by atoms with Crippen LogP contribution in [0.15, 0.2) is 75.2 Å². The Morgan fingerprint density at radius 1 is 1.04 bits per heavy atom. The van der Waals surface area contributed by atoms with Gasteiger partial charge < -0.3 is 4.74 Å². The highest BCUT2D eigenvalue weighted by Crippen LogP contribution is 2.41. The lowest BCUT2D eigenvalue weighted by Gasteiger charge is -2.09. The van der Waals surface area contributed by atoms with Gasteiger partial charge in [-0.05, 0) is 0 Å². The molecule has 3 aromatic rings. The van der Waals surface area contributed by atoms with Crippen molar-refractivity contribution >= 4 is 32.8 Å². The molecule has 0 fully saturated rings. The Balaban J connectivity index is 2.16. The summed E-state index contributed by atoms with van der Waals surface area (Å²) in [5, 5.41) is 1.70. The van der Waals surface area contributed by atoms with Crippen LogP contribution in [-0.2, 0) is 10.0 Å². The molecule has 0 aliphatic heterocycles. The fraction of sp³-hybridized carbons (Fsp3) is 0.150. The summed E-state index contributed by atoms with van der Waals surface area (Å²) in [4.78, 5) is 4.77. The highest BCUT2D eigenvalue weighted by atomic mass is 32.2. The minimum atomic E-state index is -3.62. The van der Waals surface area contributed by atoms with Crippen LogP contribution in [0.25, 0.3) is 0 Å². The van der Waals surface area contributed by atoms with Crippen LogP contribution in [0.2, 0.25) is 0 Å². The van der Waals surface area contributed by atoms with Gasteiger partial charge in [-0.1, -0.05) is 67.6 Å². The topological polar surface area (TPSA) is 67.8 Å². The van der Waals surface area contributed by atoms with Gasteiger partial charge in [-0.2, -0.15) is 0 Å². The molecule has 0 atom stereocenters. The molecule has 140 valence electrons. The molecule has 0 spiro atoms. The number of rotatable bonds is 7. The predicted molar refractivity (Wildman–Crippen MR) is 110 cm³/mol. The van der Waals surface area contributed by atoms with Gasteiger partial charge in [0.1, 0.15) is 5.69 Å². The number of thiophene rings is 1. The molecule has 1 aromatic heterocycles. The zero-order valence-electron chi connectivity index (χ0n) is 15.0. The first-order valence-corrected chi connectivity index (χ1v) is 10.8. The molecule has 0 bridgehead atoms. The molecule has 7 heteroatoms. The van der Waals surface area contributed by atoms with E-state index < -0.39 is 10.0 Å². The Labute approximate surface area is 163 Å². The summed E-state index contributed by atoms with van der Waals surface area (Å²) < 4.78 is 32.9. The van der Waals surface area contributed by atoms with Gasteiger partial charge in [-0.3, -0.25) is 0 Å². The molecule has 0 aliphatic rings. The maximum atomic E-state index is 12.4. The number of benzene rings is 2. The molecule has 3 rings (SSSR count). The summed E-state index contributed by atoms with van der Waals surface area (Å²) in [5.41, 5.74) is 3.11. The van der Waals surface area contributed by atoms with Gasteiger partial charge in [0.15, 0.2) is 9.96 Å². The van der Waals surface area contributed by atoms with Crippen LogP contribution in [0, 0.1) is 0 Å². The van der Waals surface area contributed by atoms with Crippen LogP contribution in [0.3, 0.4) is 0 Å². The molecule has 2 aromatic carbocycles. The predicted octanol–water partition coefficient (Wildman–Crippen LogP) is 4.22. The average Bonchev–Trinajstić information content (AvgIpc) is 3.11. The van der Waals surface area contributed by atoms with Crippen LogP contribution in [0.4, 0.5) is 5.69 Å². The lowest BCUT2D eigenvalue weighted by molar-refractivity contribution is 0.407. The lowest BCUT2D eigenvalue weighted by atomic mass is 10.0. The zero-order valence-corrected chi connectivity index (χ0v) is 16.7. The summed E-state index contributed by atoms with van der Waals surface area (Å²) in [7, 11) is -2.17. The molecule has 27 heavy (non-hydrogen) atoms. The standard InChI is InChI=1S/C20H20N2O3S2/c1-3-21-27(23,24)20-19(25-2)17(14-26-20)22-18(15-10-6-4-7-11-15)16-12-8-5-9-13-16/h4-14,21H,3H2,1-2H3. The maximum Gasteiger partial charge on any atom is 0.253 e. The summed E-state index contributed by atoms with van der Waals surface area (Å²) in [6, 6.07) is 19.6. The number of ether oxygens (including phenoxy) is 1. The fourth-order valence-corrected chi connectivity index (χ4v) is 5.08. The maximum absolute atomic E-state index is 12.4. The Morgan fingerprint density at radius 2 is 1.59 bits per heavy atom. The van der Waals surface area contributed by atoms with Crippen molar-refractivity contribution in [2.24, 2.45) is 4.99 Å². The molecule has 0 aliphatic carbocycles. The normalized spacial score (nSPS) is 11.2. The van der Waals surface area contributed by atoms with Gasteiger partial charge in [0.2, 0.25) is 0 Å². The number of hydrogen-bond donors (Lipinski definition) is 1. The Hall–Kier alpha value is -2.48. The number of sulfonamides is 1. The van der Waals surface area contributed by atoms with Crippen LogP contribution in [0.5, 0.6) is 5.75 Å². The monoisotopic (exact) mass is 400 g/mol. The number of nitrogens with one attached hydrogen (secondary N) is 1. The lowest BCUT2D eigenvalue weighted by Crippen LogP contribution is -2.22. The third-order valence-electron chi connectivity index (χ3n) is 3.80. The van der Waals surface area contributed by atoms with Gasteiger partial charge in [-0.15, -0.1) is 11.3 Å². The first-order chi connectivity index (χ1) is 13.1. The van der Waals surface area contributed by atoms with Gasteiger partial charge in [0.05, 0.1) is 12.8 Å². The molecule has 5 nitrogen and oxygen atoms in total. The Morgan fingerprint density at radius 3 is 2.07 bits per heavy atom. The number of methoxy groups -OCH3 is 1. The molecule has 0 saturated heterocycles. The van der Waals surface area contributed by atoms with Crippen LogP contribution in [0.1, 0.15) is 18.1 Å². The fourth-order valence-electron chi connectivity index (χ4n) is 2.64. The largest absolute Gasteiger partial charge is 0.492 e. The smallest absolute Gasteiger partial charge is 0.253 e. The van der Waals surface area contributed by atoms with E-state index in [1.165, 1.54) is 7.11 Å². The quantitative estimate of drug-likeness (QED) is 0.604. The van der Waals surface area contributed by atoms with Crippen molar-refractivity contribution in [2.45, 2.75) is 11.1 Å². The second kappa shape index (κ2) is 8.47. The minimum Gasteiger partial charge on any atom is -0.492 e. The molecule has 0 saturated carbocycles. The first kappa shape index (κ1) is 19.3. The van der Waals surface area contributed by atoms with Crippen LogP contribution < -0.4 is 9.46 Å². The summed E-state index contributed by atoms with van der Waals surface area (Å²) >= 11 is 1.10. The van der Waals surface area contributed by atoms with Crippen molar-refractivity contribution in [3.05, 3.63) is 77.2 Å². The molecule has 0 radical (unpaired) electrons. The van der Waals surface area contributed by atoms with E-state index in [2.05, 4.69) is 4.72 Å². The molecular weight excluding hydrogens is 380 g/mol. The van der Waals surface area contributed by atoms with E-state index in [9.17, 15) is 8.42 Å². The van der Waals surface area contributed by atoms with E-state index >= 15 is 0 Å². The van der Waals surface area contributed by atoms with Gasteiger partial charge >= 0.3 is 0 Å². The Kier molecular flexibility index (Phi) is 6.05. The SMILES string of the molecule is CCNS(=O)(=O)c1scc(N=C(c2ccccc2)c2ccccc2)c1OC. The average molecular weight is 401 g/mol. The van der Waals surface area contributed by atoms with Crippen LogP contribution >= 0.6 is 11.3 Å².